The van der Waals surface area contributed by atoms with E-state index in [4.69, 9.17) is 16.3 Å². The fraction of sp³-hybridized carbons (Fsp3) is 0.0833. The Balaban J connectivity index is 1.91. The van der Waals surface area contributed by atoms with E-state index in [0.717, 1.165) is 16.3 Å². The van der Waals surface area contributed by atoms with Crippen LogP contribution in [0.25, 0.3) is 16.8 Å². The summed E-state index contributed by atoms with van der Waals surface area (Å²) in [5, 5.41) is 2.56. The Bertz CT molecular complexity index is 1200. The van der Waals surface area contributed by atoms with Gasteiger partial charge in [0.1, 0.15) is 0 Å². The molecule has 0 aliphatic carbocycles. The monoisotopic (exact) mass is 403 g/mol. The van der Waals surface area contributed by atoms with Gasteiger partial charge < -0.3 is 4.74 Å². The van der Waals surface area contributed by atoms with Crippen LogP contribution >= 0.6 is 11.6 Å². The number of rotatable bonds is 3. The van der Waals surface area contributed by atoms with E-state index in [9.17, 15) is 9.59 Å². The molecule has 0 spiro atoms. The van der Waals surface area contributed by atoms with Crippen LogP contribution in [0.1, 0.15) is 12.5 Å². The lowest BCUT2D eigenvalue weighted by Gasteiger charge is -2.18. The van der Waals surface area contributed by atoms with Crippen molar-refractivity contribution >= 4 is 46.0 Å². The third kappa shape index (κ3) is 3.32. The first kappa shape index (κ1) is 19.0. The minimum atomic E-state index is -0.549. The lowest BCUT2D eigenvalue weighted by atomic mass is 9.99. The van der Waals surface area contributed by atoms with E-state index in [0.29, 0.717) is 22.0 Å². The fourth-order valence-corrected chi connectivity index (χ4v) is 3.82. The summed E-state index contributed by atoms with van der Waals surface area (Å²) >= 11 is 6.12. The maximum atomic E-state index is 13.4. The van der Waals surface area contributed by atoms with Gasteiger partial charge in [0, 0.05) is 10.7 Å². The maximum Gasteiger partial charge on any atom is 0.340 e. The molecular weight excluding hydrogens is 386 g/mol. The van der Waals surface area contributed by atoms with E-state index in [1.807, 2.05) is 42.5 Å². The number of hydrogen-bond donors (Lipinski definition) is 0. The Kier molecular flexibility index (Phi) is 4.95. The molecule has 1 amide bonds. The highest BCUT2D eigenvalue weighted by Gasteiger charge is 2.38. The van der Waals surface area contributed by atoms with Gasteiger partial charge in [0.25, 0.3) is 5.91 Å². The zero-order chi connectivity index (χ0) is 20.5. The number of anilines is 1. The molecule has 0 radical (unpaired) electrons. The van der Waals surface area contributed by atoms with Gasteiger partial charge in [-0.3, -0.25) is 9.69 Å². The second kappa shape index (κ2) is 7.57. The summed E-state index contributed by atoms with van der Waals surface area (Å²) < 4.78 is 4.97. The lowest BCUT2D eigenvalue weighted by molar-refractivity contribution is -0.136. The number of amides is 1. The number of fused-ring (bicyclic) bond motifs is 1. The van der Waals surface area contributed by atoms with Crippen molar-refractivity contribution in [1.82, 2.24) is 0 Å². The first-order valence-corrected chi connectivity index (χ1v) is 9.48. The van der Waals surface area contributed by atoms with Crippen molar-refractivity contribution in [2.45, 2.75) is 6.92 Å². The van der Waals surface area contributed by atoms with E-state index in [2.05, 4.69) is 0 Å². The van der Waals surface area contributed by atoms with Crippen LogP contribution in [-0.4, -0.2) is 19.0 Å². The number of carbonyl (C=O) groups is 2. The number of allylic oxidation sites excluding steroid dienone is 1. The number of carbonyl (C=O) groups excluding carboxylic acids is 2. The summed E-state index contributed by atoms with van der Waals surface area (Å²) in [6.07, 6.45) is 1.75. The minimum Gasteiger partial charge on any atom is -0.465 e. The van der Waals surface area contributed by atoms with Gasteiger partial charge in [-0.05, 0) is 47.5 Å². The van der Waals surface area contributed by atoms with E-state index in [1.54, 1.807) is 37.3 Å². The van der Waals surface area contributed by atoms with Gasteiger partial charge in [0.15, 0.2) is 0 Å². The number of nitrogens with zero attached hydrogens (tertiary/aromatic N) is 1. The zero-order valence-electron chi connectivity index (χ0n) is 16.0. The summed E-state index contributed by atoms with van der Waals surface area (Å²) in [5.41, 5.74) is 2.52. The van der Waals surface area contributed by atoms with Gasteiger partial charge in [0.05, 0.1) is 23.9 Å². The van der Waals surface area contributed by atoms with E-state index < -0.39 is 5.97 Å². The van der Waals surface area contributed by atoms with Crippen molar-refractivity contribution in [3.63, 3.8) is 0 Å². The molecule has 3 aromatic rings. The Labute approximate surface area is 173 Å². The molecule has 0 aromatic heterocycles. The van der Waals surface area contributed by atoms with Crippen molar-refractivity contribution in [3.8, 4) is 0 Å². The highest BCUT2D eigenvalue weighted by molar-refractivity contribution is 6.31. The minimum absolute atomic E-state index is 0.255. The molecule has 0 unspecified atom stereocenters. The summed E-state index contributed by atoms with van der Waals surface area (Å²) in [6.45, 7) is 1.73. The van der Waals surface area contributed by atoms with Crippen molar-refractivity contribution in [2.24, 2.45) is 0 Å². The van der Waals surface area contributed by atoms with Crippen LogP contribution < -0.4 is 4.90 Å². The number of ether oxygens (including phenoxy) is 1. The van der Waals surface area contributed by atoms with Gasteiger partial charge in [-0.1, -0.05) is 60.1 Å². The number of methoxy groups -OCH3 is 1. The molecule has 0 fully saturated rings. The van der Waals surface area contributed by atoms with Crippen LogP contribution in [0.5, 0.6) is 0 Å². The molecular formula is C24H18ClNO3. The van der Waals surface area contributed by atoms with E-state index in [1.165, 1.54) is 12.0 Å². The second-order valence-electron chi connectivity index (χ2n) is 6.70. The number of esters is 1. The van der Waals surface area contributed by atoms with E-state index in [-0.39, 0.29) is 11.5 Å². The van der Waals surface area contributed by atoms with Crippen molar-refractivity contribution < 1.29 is 14.3 Å². The van der Waals surface area contributed by atoms with Crippen LogP contribution in [0, 0.1) is 0 Å². The van der Waals surface area contributed by atoms with Crippen molar-refractivity contribution in [1.29, 1.82) is 0 Å². The molecule has 4 nitrogen and oxygen atoms in total. The third-order valence-electron chi connectivity index (χ3n) is 4.98. The molecule has 4 rings (SSSR count). The summed E-state index contributed by atoms with van der Waals surface area (Å²) in [6, 6.07) is 20.7. The standard InChI is InChI=1S/C24H18ClNO3/c1-15-22(24(28)29-2)21(23(27)26(15)19-11-6-10-18(25)14-19)13-17-9-5-8-16-7-3-4-12-20(16)17/h3-14H,1-2H3/b21-13-. The van der Waals surface area contributed by atoms with Crippen LogP contribution in [0.2, 0.25) is 5.02 Å². The largest absolute Gasteiger partial charge is 0.465 e. The fourth-order valence-electron chi connectivity index (χ4n) is 3.64. The number of benzene rings is 3. The first-order chi connectivity index (χ1) is 14.0. The highest BCUT2D eigenvalue weighted by Crippen LogP contribution is 2.36. The van der Waals surface area contributed by atoms with Gasteiger partial charge >= 0.3 is 5.97 Å². The number of halogens is 1. The smallest absolute Gasteiger partial charge is 0.340 e. The van der Waals surface area contributed by atoms with Gasteiger partial charge in [0.2, 0.25) is 0 Å². The number of hydrogen-bond acceptors (Lipinski definition) is 3. The first-order valence-electron chi connectivity index (χ1n) is 9.10. The van der Waals surface area contributed by atoms with Crippen LogP contribution in [0.3, 0.4) is 0 Å². The molecule has 29 heavy (non-hydrogen) atoms. The van der Waals surface area contributed by atoms with E-state index >= 15 is 0 Å². The third-order valence-corrected chi connectivity index (χ3v) is 5.21. The van der Waals surface area contributed by atoms with Crippen molar-refractivity contribution in [2.75, 3.05) is 12.0 Å². The SMILES string of the molecule is COC(=O)C1=C(C)N(c2cccc(Cl)c2)C(=O)/C1=C\c1cccc2ccccc12. The predicted octanol–water partition coefficient (Wildman–Crippen LogP) is 5.37. The predicted molar refractivity (Wildman–Crippen MR) is 116 cm³/mol. The summed E-state index contributed by atoms with van der Waals surface area (Å²) in [7, 11) is 1.31. The topological polar surface area (TPSA) is 46.6 Å². The summed E-state index contributed by atoms with van der Waals surface area (Å²) in [5.74, 6) is -0.843. The van der Waals surface area contributed by atoms with Crippen LogP contribution in [0.4, 0.5) is 5.69 Å². The zero-order valence-corrected chi connectivity index (χ0v) is 16.7. The normalized spacial score (nSPS) is 15.5. The molecule has 1 aliphatic rings. The second-order valence-corrected chi connectivity index (χ2v) is 7.14. The highest BCUT2D eigenvalue weighted by atomic mass is 35.5. The molecule has 0 N–H and O–H groups in total. The Morgan fingerprint density at radius 2 is 1.76 bits per heavy atom. The lowest BCUT2D eigenvalue weighted by Crippen LogP contribution is -2.24. The Morgan fingerprint density at radius 3 is 2.52 bits per heavy atom. The Morgan fingerprint density at radius 1 is 1.03 bits per heavy atom. The molecule has 5 heteroatoms. The Hall–Kier alpha value is -3.37. The van der Waals surface area contributed by atoms with Crippen LogP contribution in [0.15, 0.2) is 83.6 Å². The molecule has 0 bridgehead atoms. The van der Waals surface area contributed by atoms with Gasteiger partial charge in [-0.2, -0.15) is 0 Å². The maximum absolute atomic E-state index is 13.4. The molecule has 0 atom stereocenters. The molecule has 1 heterocycles. The molecule has 144 valence electrons. The molecule has 0 saturated carbocycles. The average Bonchev–Trinajstić information content (AvgIpc) is 2.97. The van der Waals surface area contributed by atoms with Gasteiger partial charge in [-0.15, -0.1) is 0 Å². The van der Waals surface area contributed by atoms with Gasteiger partial charge in [-0.25, -0.2) is 4.79 Å². The molecule has 1 aliphatic heterocycles. The quantitative estimate of drug-likeness (QED) is 0.436. The summed E-state index contributed by atoms with van der Waals surface area (Å²) in [4.78, 5) is 27.4. The van der Waals surface area contributed by atoms with Crippen molar-refractivity contribution in [3.05, 3.63) is 94.2 Å². The molecule has 0 saturated heterocycles. The van der Waals surface area contributed by atoms with Crippen LogP contribution in [-0.2, 0) is 14.3 Å². The molecule has 3 aromatic carbocycles. The average molecular weight is 404 g/mol.